The van der Waals surface area contributed by atoms with Gasteiger partial charge in [-0.25, -0.2) is 4.68 Å². The SMILES string of the molecule is C[C@H](NC(=O)c1cccc(-n2cnnn2)c1)c1cc2ccccc2o1. The Morgan fingerprint density at radius 1 is 1.16 bits per heavy atom. The van der Waals surface area contributed by atoms with Crippen molar-refractivity contribution in [2.24, 2.45) is 0 Å². The number of para-hydroxylation sites is 1. The maximum absolute atomic E-state index is 12.6. The summed E-state index contributed by atoms with van der Waals surface area (Å²) in [5.74, 6) is 0.522. The Kier molecular flexibility index (Phi) is 3.74. The summed E-state index contributed by atoms with van der Waals surface area (Å²) < 4.78 is 7.30. The lowest BCUT2D eigenvalue weighted by Gasteiger charge is -2.12. The molecule has 1 N–H and O–H groups in total. The molecule has 0 fully saturated rings. The lowest BCUT2D eigenvalue weighted by molar-refractivity contribution is 0.0935. The molecule has 2 aromatic carbocycles. The van der Waals surface area contributed by atoms with Gasteiger partial charge in [0.2, 0.25) is 0 Å². The quantitative estimate of drug-likeness (QED) is 0.620. The van der Waals surface area contributed by atoms with Crippen LogP contribution in [0.3, 0.4) is 0 Å². The number of carbonyl (C=O) groups excluding carboxylic acids is 1. The van der Waals surface area contributed by atoms with E-state index in [2.05, 4.69) is 20.8 Å². The minimum atomic E-state index is -0.253. The maximum Gasteiger partial charge on any atom is 0.251 e. The first-order valence-electron chi connectivity index (χ1n) is 7.83. The van der Waals surface area contributed by atoms with Gasteiger partial charge in [0, 0.05) is 10.9 Å². The molecule has 0 radical (unpaired) electrons. The maximum atomic E-state index is 12.6. The highest BCUT2D eigenvalue weighted by molar-refractivity contribution is 5.95. The van der Waals surface area contributed by atoms with Crippen molar-refractivity contribution in [2.45, 2.75) is 13.0 Å². The summed E-state index contributed by atoms with van der Waals surface area (Å²) in [5.41, 5.74) is 2.05. The molecule has 2 heterocycles. The van der Waals surface area contributed by atoms with Crippen LogP contribution in [0.15, 0.2) is 65.3 Å². The van der Waals surface area contributed by atoms with Crippen LogP contribution in [0.2, 0.25) is 0 Å². The van der Waals surface area contributed by atoms with Crippen LogP contribution in [0.1, 0.15) is 29.1 Å². The highest BCUT2D eigenvalue weighted by Gasteiger charge is 2.16. The molecule has 1 atom stereocenters. The first-order valence-corrected chi connectivity index (χ1v) is 7.83. The van der Waals surface area contributed by atoms with Gasteiger partial charge in [-0.3, -0.25) is 4.79 Å². The molecule has 0 aliphatic heterocycles. The van der Waals surface area contributed by atoms with E-state index >= 15 is 0 Å². The molecule has 0 unspecified atom stereocenters. The average Bonchev–Trinajstić information content (AvgIpc) is 3.31. The zero-order chi connectivity index (χ0) is 17.2. The smallest absolute Gasteiger partial charge is 0.251 e. The van der Waals surface area contributed by atoms with Crippen molar-refractivity contribution < 1.29 is 9.21 Å². The number of benzene rings is 2. The Hall–Kier alpha value is -3.48. The number of rotatable bonds is 4. The van der Waals surface area contributed by atoms with E-state index in [1.807, 2.05) is 43.3 Å². The van der Waals surface area contributed by atoms with Crippen LogP contribution in [-0.4, -0.2) is 26.1 Å². The molecule has 0 saturated heterocycles. The minimum absolute atomic E-state index is 0.192. The van der Waals surface area contributed by atoms with Crippen LogP contribution in [-0.2, 0) is 0 Å². The molecule has 4 rings (SSSR count). The Morgan fingerprint density at radius 2 is 2.04 bits per heavy atom. The van der Waals surface area contributed by atoms with Crippen LogP contribution in [0.5, 0.6) is 0 Å². The highest BCUT2D eigenvalue weighted by atomic mass is 16.3. The van der Waals surface area contributed by atoms with E-state index in [0.717, 1.165) is 11.0 Å². The van der Waals surface area contributed by atoms with Crippen molar-refractivity contribution in [3.05, 3.63) is 72.2 Å². The summed E-state index contributed by atoms with van der Waals surface area (Å²) in [7, 11) is 0. The first-order chi connectivity index (χ1) is 12.2. The lowest BCUT2D eigenvalue weighted by atomic mass is 10.1. The van der Waals surface area contributed by atoms with E-state index in [1.165, 1.54) is 11.0 Å². The summed E-state index contributed by atoms with van der Waals surface area (Å²) in [5, 5.41) is 15.0. The third-order valence-electron chi connectivity index (χ3n) is 3.94. The number of hydrogen-bond acceptors (Lipinski definition) is 5. The summed E-state index contributed by atoms with van der Waals surface area (Å²) in [6.45, 7) is 1.89. The van der Waals surface area contributed by atoms with Crippen LogP contribution in [0.4, 0.5) is 0 Å². The van der Waals surface area contributed by atoms with Gasteiger partial charge in [0.25, 0.3) is 5.91 Å². The van der Waals surface area contributed by atoms with Gasteiger partial charge in [0.1, 0.15) is 17.7 Å². The summed E-state index contributed by atoms with van der Waals surface area (Å²) in [6, 6.07) is 16.5. The second-order valence-corrected chi connectivity index (χ2v) is 5.69. The van der Waals surface area contributed by atoms with Crippen LogP contribution in [0.25, 0.3) is 16.7 Å². The molecule has 7 nitrogen and oxygen atoms in total. The third-order valence-corrected chi connectivity index (χ3v) is 3.94. The van der Waals surface area contributed by atoms with E-state index in [9.17, 15) is 4.79 Å². The highest BCUT2D eigenvalue weighted by Crippen LogP contribution is 2.23. The van der Waals surface area contributed by atoms with Crippen molar-refractivity contribution in [1.29, 1.82) is 0 Å². The van der Waals surface area contributed by atoms with Crippen molar-refractivity contribution in [3.63, 3.8) is 0 Å². The van der Waals surface area contributed by atoms with Crippen molar-refractivity contribution in [2.75, 3.05) is 0 Å². The molecular weight excluding hydrogens is 318 g/mol. The lowest BCUT2D eigenvalue weighted by Crippen LogP contribution is -2.26. The van der Waals surface area contributed by atoms with Crippen LogP contribution >= 0.6 is 0 Å². The number of nitrogens with zero attached hydrogens (tertiary/aromatic N) is 4. The number of fused-ring (bicyclic) bond motifs is 1. The van der Waals surface area contributed by atoms with E-state index in [0.29, 0.717) is 17.0 Å². The second-order valence-electron chi connectivity index (χ2n) is 5.69. The number of furan rings is 1. The zero-order valence-corrected chi connectivity index (χ0v) is 13.5. The monoisotopic (exact) mass is 333 g/mol. The number of amides is 1. The zero-order valence-electron chi connectivity index (χ0n) is 13.5. The molecular formula is C18H15N5O2. The number of hydrogen-bond donors (Lipinski definition) is 1. The van der Waals surface area contributed by atoms with Gasteiger partial charge in [-0.15, -0.1) is 5.10 Å². The van der Waals surface area contributed by atoms with Gasteiger partial charge in [0.05, 0.1) is 11.7 Å². The fraction of sp³-hybridized carbons (Fsp3) is 0.111. The Balaban J connectivity index is 1.54. The van der Waals surface area contributed by atoms with Gasteiger partial charge in [-0.05, 0) is 47.7 Å². The van der Waals surface area contributed by atoms with E-state index in [4.69, 9.17) is 4.42 Å². The molecule has 124 valence electrons. The number of aromatic nitrogens is 4. The van der Waals surface area contributed by atoms with E-state index in [-0.39, 0.29) is 11.9 Å². The Bertz CT molecular complexity index is 990. The van der Waals surface area contributed by atoms with Crippen LogP contribution < -0.4 is 5.32 Å². The molecule has 0 aliphatic rings. The normalized spacial score (nSPS) is 12.2. The van der Waals surface area contributed by atoms with E-state index < -0.39 is 0 Å². The van der Waals surface area contributed by atoms with Gasteiger partial charge < -0.3 is 9.73 Å². The number of nitrogens with one attached hydrogen (secondary N) is 1. The van der Waals surface area contributed by atoms with Crippen molar-refractivity contribution in [1.82, 2.24) is 25.5 Å². The van der Waals surface area contributed by atoms with Gasteiger partial charge in [-0.2, -0.15) is 0 Å². The van der Waals surface area contributed by atoms with Gasteiger partial charge in [0.15, 0.2) is 0 Å². The molecule has 0 aliphatic carbocycles. The number of carbonyl (C=O) groups is 1. The van der Waals surface area contributed by atoms with Crippen molar-refractivity contribution in [3.8, 4) is 5.69 Å². The van der Waals surface area contributed by atoms with Gasteiger partial charge >= 0.3 is 0 Å². The second kappa shape index (κ2) is 6.20. The predicted octanol–water partition coefficient (Wildman–Crippen LogP) is 2.90. The molecule has 0 saturated carbocycles. The summed E-state index contributed by atoms with van der Waals surface area (Å²) in [4.78, 5) is 12.6. The molecule has 4 aromatic rings. The van der Waals surface area contributed by atoms with Crippen LogP contribution in [0, 0.1) is 0 Å². The largest absolute Gasteiger partial charge is 0.459 e. The van der Waals surface area contributed by atoms with E-state index in [1.54, 1.807) is 18.2 Å². The average molecular weight is 333 g/mol. The molecule has 25 heavy (non-hydrogen) atoms. The fourth-order valence-corrected chi connectivity index (χ4v) is 2.64. The molecule has 2 aromatic heterocycles. The predicted molar refractivity (Wildman–Crippen MR) is 91.2 cm³/mol. The fourth-order valence-electron chi connectivity index (χ4n) is 2.64. The summed E-state index contributed by atoms with van der Waals surface area (Å²) >= 11 is 0. The summed E-state index contributed by atoms with van der Waals surface area (Å²) in [6.07, 6.45) is 1.48. The van der Waals surface area contributed by atoms with Crippen molar-refractivity contribution >= 4 is 16.9 Å². The molecule has 0 spiro atoms. The molecule has 1 amide bonds. The molecule has 7 heteroatoms. The first kappa shape index (κ1) is 15.1. The number of tetrazole rings is 1. The Morgan fingerprint density at radius 3 is 2.84 bits per heavy atom. The topological polar surface area (TPSA) is 85.8 Å². The third kappa shape index (κ3) is 2.99. The Labute approximate surface area is 143 Å². The molecule has 0 bridgehead atoms. The standard InChI is InChI=1S/C18H15N5O2/c1-12(17-10-13-5-2-3-8-16(13)25-17)20-18(24)14-6-4-7-15(9-14)23-11-19-21-22-23/h2-12H,1H3,(H,20,24)/t12-/m0/s1. The van der Waals surface area contributed by atoms with Gasteiger partial charge in [-0.1, -0.05) is 24.3 Å². The minimum Gasteiger partial charge on any atom is -0.459 e.